The molecule has 0 aromatic heterocycles. The molecule has 1 aliphatic carbocycles. The topological polar surface area (TPSA) is 54.0 Å². The minimum atomic E-state index is -1.01. The van der Waals surface area contributed by atoms with E-state index in [0.29, 0.717) is 25.2 Å². The van der Waals surface area contributed by atoms with Gasteiger partial charge in [-0.05, 0) is 44.1 Å². The summed E-state index contributed by atoms with van der Waals surface area (Å²) in [5, 5.41) is 0. The lowest BCUT2D eigenvalue weighted by atomic mass is 9.73. The molecule has 0 N–H and O–H groups in total. The van der Waals surface area contributed by atoms with Crippen LogP contribution in [-0.2, 0) is 23.7 Å². The van der Waals surface area contributed by atoms with Crippen LogP contribution in [0.4, 0.5) is 0 Å². The highest BCUT2D eigenvalue weighted by Gasteiger charge is 2.50. The highest BCUT2D eigenvalue weighted by molar-refractivity contribution is 5.95. The zero-order chi connectivity index (χ0) is 18.7. The summed E-state index contributed by atoms with van der Waals surface area (Å²) in [6.45, 7) is 13.6. The van der Waals surface area contributed by atoms with Crippen LogP contribution < -0.4 is 0 Å². The molecule has 1 aliphatic rings. The molecule has 146 valence electrons. The maximum absolute atomic E-state index is 13.1. The maximum Gasteiger partial charge on any atom is 0.197 e. The van der Waals surface area contributed by atoms with E-state index < -0.39 is 11.7 Å². The van der Waals surface area contributed by atoms with Gasteiger partial charge in [0.2, 0.25) is 0 Å². The normalized spacial score (nSPS) is 26.8. The minimum Gasteiger partial charge on any atom is -0.355 e. The monoisotopic (exact) mass is 356 g/mol. The van der Waals surface area contributed by atoms with Gasteiger partial charge in [0.1, 0.15) is 19.7 Å². The van der Waals surface area contributed by atoms with Crippen LogP contribution in [0, 0.1) is 5.92 Å². The van der Waals surface area contributed by atoms with Crippen LogP contribution in [0.3, 0.4) is 0 Å². The van der Waals surface area contributed by atoms with Gasteiger partial charge in [0, 0.05) is 13.2 Å². The van der Waals surface area contributed by atoms with E-state index in [1.54, 1.807) is 0 Å². The Bertz CT molecular complexity index is 409. The molecule has 1 saturated carbocycles. The average Bonchev–Trinajstić information content (AvgIpc) is 2.58. The lowest BCUT2D eigenvalue weighted by molar-refractivity contribution is -0.190. The van der Waals surface area contributed by atoms with Gasteiger partial charge in [-0.25, -0.2) is 0 Å². The smallest absolute Gasteiger partial charge is 0.197 e. The van der Waals surface area contributed by atoms with Crippen molar-refractivity contribution < 1.29 is 23.7 Å². The molecule has 0 aromatic carbocycles. The Hall–Kier alpha value is -0.750. The van der Waals surface area contributed by atoms with E-state index in [4.69, 9.17) is 18.9 Å². The molecular formula is C20H36O5. The third-order valence-corrected chi connectivity index (χ3v) is 4.82. The molecule has 0 saturated heterocycles. The number of unbranched alkanes of at least 4 members (excludes halogenated alkanes) is 2. The first kappa shape index (κ1) is 22.3. The average molecular weight is 357 g/mol. The Morgan fingerprint density at radius 3 is 2.32 bits per heavy atom. The Balaban J connectivity index is 2.64. The van der Waals surface area contributed by atoms with Crippen molar-refractivity contribution in [2.75, 3.05) is 26.8 Å². The molecule has 1 rings (SSSR count). The van der Waals surface area contributed by atoms with Crippen LogP contribution in [0.5, 0.6) is 0 Å². The minimum absolute atomic E-state index is 0.0584. The second-order valence-electron chi connectivity index (χ2n) is 6.98. The van der Waals surface area contributed by atoms with Crippen molar-refractivity contribution in [3.8, 4) is 0 Å². The maximum atomic E-state index is 13.1. The SMILES string of the molecule is C=C(C)C1(OCOCCCC)CCC(C)C(OCOCCCC)C1=O. The predicted molar refractivity (Wildman–Crippen MR) is 98.4 cm³/mol. The number of carbonyl (C=O) groups is 1. The molecule has 0 amide bonds. The fraction of sp³-hybridized carbons (Fsp3) is 0.850. The number of hydrogen-bond donors (Lipinski definition) is 0. The highest BCUT2D eigenvalue weighted by Crippen LogP contribution is 2.38. The quantitative estimate of drug-likeness (QED) is 0.280. The summed E-state index contributed by atoms with van der Waals surface area (Å²) in [5.74, 6) is 0.0799. The second-order valence-corrected chi connectivity index (χ2v) is 6.98. The number of ketones is 1. The van der Waals surface area contributed by atoms with Gasteiger partial charge in [-0.3, -0.25) is 4.79 Å². The van der Waals surface area contributed by atoms with E-state index in [1.165, 1.54) is 0 Å². The molecule has 0 aromatic rings. The molecule has 0 spiro atoms. The number of Topliss-reactive ketones (excluding diaryl/α,β-unsaturated/α-hetero) is 1. The van der Waals surface area contributed by atoms with Gasteiger partial charge in [-0.1, -0.05) is 40.2 Å². The molecule has 1 fully saturated rings. The van der Waals surface area contributed by atoms with Crippen molar-refractivity contribution in [2.24, 2.45) is 5.92 Å². The molecule has 5 heteroatoms. The number of rotatable bonds is 13. The first-order valence-corrected chi connectivity index (χ1v) is 9.60. The lowest BCUT2D eigenvalue weighted by Gasteiger charge is -2.42. The van der Waals surface area contributed by atoms with E-state index >= 15 is 0 Å². The van der Waals surface area contributed by atoms with Crippen LogP contribution in [0.15, 0.2) is 12.2 Å². The summed E-state index contributed by atoms with van der Waals surface area (Å²) in [7, 11) is 0. The van der Waals surface area contributed by atoms with E-state index in [-0.39, 0.29) is 25.3 Å². The summed E-state index contributed by atoms with van der Waals surface area (Å²) >= 11 is 0. The lowest BCUT2D eigenvalue weighted by Crippen LogP contribution is -2.55. The largest absolute Gasteiger partial charge is 0.355 e. The van der Waals surface area contributed by atoms with Crippen LogP contribution in [-0.4, -0.2) is 44.3 Å². The third-order valence-electron chi connectivity index (χ3n) is 4.82. The fourth-order valence-electron chi connectivity index (χ4n) is 3.00. The van der Waals surface area contributed by atoms with Crippen LogP contribution in [0.2, 0.25) is 0 Å². The summed E-state index contributed by atoms with van der Waals surface area (Å²) < 4.78 is 22.7. The summed E-state index contributed by atoms with van der Waals surface area (Å²) in [6, 6.07) is 0. The first-order valence-electron chi connectivity index (χ1n) is 9.60. The van der Waals surface area contributed by atoms with Crippen molar-refractivity contribution >= 4 is 5.78 Å². The number of carbonyl (C=O) groups excluding carboxylic acids is 1. The summed E-state index contributed by atoms with van der Waals surface area (Å²) in [5.41, 5.74) is -0.295. The van der Waals surface area contributed by atoms with Gasteiger partial charge in [-0.15, -0.1) is 0 Å². The molecule has 25 heavy (non-hydrogen) atoms. The Morgan fingerprint density at radius 2 is 1.76 bits per heavy atom. The van der Waals surface area contributed by atoms with Crippen molar-refractivity contribution in [1.29, 1.82) is 0 Å². The third kappa shape index (κ3) is 6.48. The Morgan fingerprint density at radius 1 is 1.16 bits per heavy atom. The van der Waals surface area contributed by atoms with Gasteiger partial charge in [0.05, 0.1) is 0 Å². The Labute approximate surface area is 153 Å². The van der Waals surface area contributed by atoms with Gasteiger partial charge in [0.15, 0.2) is 11.4 Å². The molecule has 0 heterocycles. The van der Waals surface area contributed by atoms with Gasteiger partial charge in [-0.2, -0.15) is 0 Å². The van der Waals surface area contributed by atoms with E-state index in [9.17, 15) is 4.79 Å². The van der Waals surface area contributed by atoms with Crippen molar-refractivity contribution in [1.82, 2.24) is 0 Å². The molecule has 0 radical (unpaired) electrons. The number of ether oxygens (including phenoxy) is 4. The van der Waals surface area contributed by atoms with Gasteiger partial charge >= 0.3 is 0 Å². The molecule has 0 aliphatic heterocycles. The predicted octanol–water partition coefficient (Wildman–Crippen LogP) is 4.25. The second kappa shape index (κ2) is 11.8. The fourth-order valence-corrected chi connectivity index (χ4v) is 3.00. The van der Waals surface area contributed by atoms with Gasteiger partial charge < -0.3 is 18.9 Å². The Kier molecular flexibility index (Phi) is 10.5. The molecule has 3 unspecified atom stereocenters. The zero-order valence-corrected chi connectivity index (χ0v) is 16.5. The molecular weight excluding hydrogens is 320 g/mol. The van der Waals surface area contributed by atoms with E-state index in [1.807, 2.05) is 13.8 Å². The first-order chi connectivity index (χ1) is 12.0. The standard InChI is InChI=1S/C20H36O5/c1-6-8-12-22-14-24-18-17(5)10-11-20(16(3)4,19(18)21)25-15-23-13-9-7-2/h17-18H,3,6-15H2,1-2,4-5H3. The van der Waals surface area contributed by atoms with Crippen molar-refractivity contribution in [3.63, 3.8) is 0 Å². The highest BCUT2D eigenvalue weighted by atomic mass is 16.7. The van der Waals surface area contributed by atoms with Crippen LogP contribution >= 0.6 is 0 Å². The van der Waals surface area contributed by atoms with Crippen LogP contribution in [0.1, 0.15) is 66.2 Å². The molecule has 3 atom stereocenters. The van der Waals surface area contributed by atoms with Crippen LogP contribution in [0.25, 0.3) is 0 Å². The van der Waals surface area contributed by atoms with E-state index in [0.717, 1.165) is 32.1 Å². The summed E-state index contributed by atoms with van der Waals surface area (Å²) in [6.07, 6.45) is 5.05. The molecule has 5 nitrogen and oxygen atoms in total. The van der Waals surface area contributed by atoms with Crippen molar-refractivity contribution in [3.05, 3.63) is 12.2 Å². The van der Waals surface area contributed by atoms with Gasteiger partial charge in [0.25, 0.3) is 0 Å². The summed E-state index contributed by atoms with van der Waals surface area (Å²) in [4.78, 5) is 13.1. The van der Waals surface area contributed by atoms with Crippen molar-refractivity contribution in [2.45, 2.75) is 77.9 Å². The number of hydrogen-bond acceptors (Lipinski definition) is 5. The zero-order valence-electron chi connectivity index (χ0n) is 16.5. The van der Waals surface area contributed by atoms with E-state index in [2.05, 4.69) is 20.4 Å². The molecule has 0 bridgehead atoms.